The first-order chi connectivity index (χ1) is 14.3. The summed E-state index contributed by atoms with van der Waals surface area (Å²) in [7, 11) is -3.45. The topological polar surface area (TPSA) is 78.5 Å². The molecule has 0 saturated carbocycles. The van der Waals surface area contributed by atoms with Gasteiger partial charge in [-0.2, -0.15) is 4.31 Å². The smallest absolute Gasteiger partial charge is 0.243 e. The van der Waals surface area contributed by atoms with Gasteiger partial charge in [0.25, 0.3) is 0 Å². The minimum atomic E-state index is -3.45. The highest BCUT2D eigenvalue weighted by molar-refractivity contribution is 7.89. The fourth-order valence-electron chi connectivity index (χ4n) is 3.60. The lowest BCUT2D eigenvalue weighted by Gasteiger charge is -2.23. The third kappa shape index (κ3) is 5.60. The second kappa shape index (κ2) is 9.92. The van der Waals surface area contributed by atoms with E-state index in [1.54, 1.807) is 24.3 Å². The first-order valence-corrected chi connectivity index (χ1v) is 12.0. The predicted octanol–water partition coefficient (Wildman–Crippen LogP) is 4.05. The summed E-state index contributed by atoms with van der Waals surface area (Å²) in [6.45, 7) is 5.45. The second-order valence-corrected chi connectivity index (χ2v) is 10.2. The van der Waals surface area contributed by atoms with Crippen LogP contribution in [0.1, 0.15) is 38.3 Å². The Morgan fingerprint density at radius 3 is 2.20 bits per heavy atom. The molecule has 3 rings (SSSR count). The molecule has 1 fully saturated rings. The summed E-state index contributed by atoms with van der Waals surface area (Å²) in [4.78, 5) is 12.6. The summed E-state index contributed by atoms with van der Waals surface area (Å²) in [6.07, 6.45) is 1.79. The molecule has 1 atom stereocenters. The number of benzene rings is 2. The molecule has 6 nitrogen and oxygen atoms in total. The van der Waals surface area contributed by atoms with Crippen molar-refractivity contribution in [1.29, 1.82) is 0 Å². The molecule has 8 heteroatoms. The average molecular weight is 450 g/mol. The van der Waals surface area contributed by atoms with Crippen molar-refractivity contribution >= 4 is 33.2 Å². The van der Waals surface area contributed by atoms with E-state index < -0.39 is 10.0 Å². The number of carbonyl (C=O) groups excluding carboxylic acids is 1. The molecule has 0 aromatic heterocycles. The molecule has 2 aromatic rings. The molecule has 0 bridgehead atoms. The van der Waals surface area contributed by atoms with Crippen molar-refractivity contribution < 1.29 is 13.2 Å². The Labute approximate surface area is 183 Å². The molecular weight excluding hydrogens is 422 g/mol. The Balaban J connectivity index is 1.58. The van der Waals surface area contributed by atoms with Crippen molar-refractivity contribution in [3.05, 3.63) is 59.1 Å². The number of sulfonamides is 1. The van der Waals surface area contributed by atoms with Gasteiger partial charge in [0.05, 0.1) is 11.4 Å². The zero-order chi connectivity index (χ0) is 21.7. The molecule has 0 radical (unpaired) electrons. The molecule has 1 aliphatic rings. The molecule has 1 unspecified atom stereocenters. The average Bonchev–Trinajstić information content (AvgIpc) is 3.25. The SMILES string of the molecule is CC(C)C(NCC(=O)Nc1ccc(S(=O)(=O)N2CCCC2)cc1)c1ccc(Cl)cc1. The predicted molar refractivity (Wildman–Crippen MR) is 120 cm³/mol. The van der Waals surface area contributed by atoms with Gasteiger partial charge in [-0.05, 0) is 60.7 Å². The van der Waals surface area contributed by atoms with Gasteiger partial charge < -0.3 is 10.6 Å². The molecule has 1 heterocycles. The van der Waals surface area contributed by atoms with Crippen LogP contribution in [0.25, 0.3) is 0 Å². The number of hydrogen-bond acceptors (Lipinski definition) is 4. The van der Waals surface area contributed by atoms with Gasteiger partial charge in [0.15, 0.2) is 0 Å². The lowest BCUT2D eigenvalue weighted by Crippen LogP contribution is -2.33. The van der Waals surface area contributed by atoms with Crippen molar-refractivity contribution in [3.63, 3.8) is 0 Å². The number of amides is 1. The van der Waals surface area contributed by atoms with Crippen LogP contribution in [-0.2, 0) is 14.8 Å². The summed E-state index contributed by atoms with van der Waals surface area (Å²) in [5.74, 6) is 0.0961. The van der Waals surface area contributed by atoms with E-state index in [2.05, 4.69) is 24.5 Å². The van der Waals surface area contributed by atoms with E-state index in [1.807, 2.05) is 24.3 Å². The van der Waals surface area contributed by atoms with Crippen LogP contribution in [0.15, 0.2) is 53.4 Å². The molecule has 1 saturated heterocycles. The number of anilines is 1. The maximum absolute atomic E-state index is 12.6. The number of rotatable bonds is 8. The normalized spacial score (nSPS) is 16.0. The highest BCUT2D eigenvalue weighted by Crippen LogP contribution is 2.24. The maximum atomic E-state index is 12.6. The van der Waals surface area contributed by atoms with Gasteiger partial charge in [0.1, 0.15) is 0 Å². The second-order valence-electron chi connectivity index (χ2n) is 7.84. The zero-order valence-corrected chi connectivity index (χ0v) is 18.8. The number of hydrogen-bond donors (Lipinski definition) is 2. The summed E-state index contributed by atoms with van der Waals surface area (Å²) in [6, 6.07) is 13.9. The molecule has 2 aromatic carbocycles. The van der Waals surface area contributed by atoms with Gasteiger partial charge in [0.2, 0.25) is 15.9 Å². The third-order valence-corrected chi connectivity index (χ3v) is 7.38. The number of halogens is 1. The molecule has 162 valence electrons. The van der Waals surface area contributed by atoms with E-state index in [9.17, 15) is 13.2 Å². The highest BCUT2D eigenvalue weighted by Gasteiger charge is 2.27. The van der Waals surface area contributed by atoms with E-state index in [1.165, 1.54) is 4.31 Å². The van der Waals surface area contributed by atoms with E-state index in [-0.39, 0.29) is 29.3 Å². The van der Waals surface area contributed by atoms with Gasteiger partial charge >= 0.3 is 0 Å². The molecule has 1 amide bonds. The van der Waals surface area contributed by atoms with Crippen LogP contribution < -0.4 is 10.6 Å². The van der Waals surface area contributed by atoms with Crippen molar-refractivity contribution in [2.45, 2.75) is 37.6 Å². The van der Waals surface area contributed by atoms with Crippen molar-refractivity contribution in [3.8, 4) is 0 Å². The lowest BCUT2D eigenvalue weighted by molar-refractivity contribution is -0.115. The Hall–Kier alpha value is -1.93. The summed E-state index contributed by atoms with van der Waals surface area (Å²) >= 11 is 5.96. The Morgan fingerprint density at radius 2 is 1.63 bits per heavy atom. The van der Waals surface area contributed by atoms with Crippen LogP contribution in [0.4, 0.5) is 5.69 Å². The standard InChI is InChI=1S/C22H28ClN3O3S/c1-16(2)22(17-5-7-18(23)8-6-17)24-15-21(27)25-19-9-11-20(12-10-19)30(28,29)26-13-3-4-14-26/h5-12,16,22,24H,3-4,13-15H2,1-2H3,(H,25,27). The van der Waals surface area contributed by atoms with Gasteiger partial charge in [0, 0.05) is 29.8 Å². The first kappa shape index (κ1) is 22.7. The monoisotopic (exact) mass is 449 g/mol. The third-order valence-electron chi connectivity index (χ3n) is 5.22. The van der Waals surface area contributed by atoms with Crippen LogP contribution in [0.5, 0.6) is 0 Å². The Bertz CT molecular complexity index is 954. The molecule has 0 aliphatic carbocycles. The first-order valence-electron chi connectivity index (χ1n) is 10.2. The summed E-state index contributed by atoms with van der Waals surface area (Å²) < 4.78 is 26.7. The van der Waals surface area contributed by atoms with E-state index in [0.717, 1.165) is 18.4 Å². The fraction of sp³-hybridized carbons (Fsp3) is 0.409. The minimum Gasteiger partial charge on any atom is -0.325 e. The maximum Gasteiger partial charge on any atom is 0.243 e. The van der Waals surface area contributed by atoms with Crippen LogP contribution in [0.3, 0.4) is 0 Å². The van der Waals surface area contributed by atoms with Crippen LogP contribution >= 0.6 is 11.6 Å². The van der Waals surface area contributed by atoms with E-state index in [0.29, 0.717) is 23.8 Å². The van der Waals surface area contributed by atoms with Gasteiger partial charge in [-0.15, -0.1) is 0 Å². The summed E-state index contributed by atoms with van der Waals surface area (Å²) in [5, 5.41) is 6.78. The molecule has 1 aliphatic heterocycles. The van der Waals surface area contributed by atoms with Crippen molar-refractivity contribution in [1.82, 2.24) is 9.62 Å². The van der Waals surface area contributed by atoms with E-state index >= 15 is 0 Å². The zero-order valence-electron chi connectivity index (χ0n) is 17.3. The van der Waals surface area contributed by atoms with Crippen LogP contribution in [0.2, 0.25) is 5.02 Å². The van der Waals surface area contributed by atoms with E-state index in [4.69, 9.17) is 11.6 Å². The van der Waals surface area contributed by atoms with Crippen LogP contribution in [-0.4, -0.2) is 38.3 Å². The summed E-state index contributed by atoms with van der Waals surface area (Å²) in [5.41, 5.74) is 1.63. The number of carbonyl (C=O) groups is 1. The number of nitrogens with zero attached hydrogens (tertiary/aromatic N) is 1. The molecular formula is C22H28ClN3O3S. The quantitative estimate of drug-likeness (QED) is 0.637. The Morgan fingerprint density at radius 1 is 1.03 bits per heavy atom. The van der Waals surface area contributed by atoms with Crippen molar-refractivity contribution in [2.24, 2.45) is 5.92 Å². The van der Waals surface area contributed by atoms with Gasteiger partial charge in [-0.25, -0.2) is 8.42 Å². The molecule has 30 heavy (non-hydrogen) atoms. The Kier molecular flexibility index (Phi) is 7.52. The largest absolute Gasteiger partial charge is 0.325 e. The van der Waals surface area contributed by atoms with Gasteiger partial charge in [-0.1, -0.05) is 37.6 Å². The number of nitrogens with one attached hydrogen (secondary N) is 2. The molecule has 0 spiro atoms. The lowest BCUT2D eigenvalue weighted by atomic mass is 9.96. The van der Waals surface area contributed by atoms with Crippen LogP contribution in [0, 0.1) is 5.92 Å². The minimum absolute atomic E-state index is 0.0148. The highest BCUT2D eigenvalue weighted by atomic mass is 35.5. The van der Waals surface area contributed by atoms with Gasteiger partial charge in [-0.3, -0.25) is 4.79 Å². The fourth-order valence-corrected chi connectivity index (χ4v) is 5.25. The van der Waals surface area contributed by atoms with Crippen molar-refractivity contribution in [2.75, 3.05) is 25.0 Å². The molecule has 2 N–H and O–H groups in total.